The fourth-order valence-electron chi connectivity index (χ4n) is 3.32. The third-order valence-electron chi connectivity index (χ3n) is 5.03. The summed E-state index contributed by atoms with van der Waals surface area (Å²) >= 11 is 0. The minimum atomic E-state index is -0.651. The van der Waals surface area contributed by atoms with Crippen LogP contribution >= 0.6 is 0 Å². The molecule has 1 aromatic heterocycles. The Morgan fingerprint density at radius 2 is 1.97 bits per heavy atom. The number of ether oxygens (including phenoxy) is 2. The quantitative estimate of drug-likeness (QED) is 0.327. The van der Waals surface area contributed by atoms with Crippen molar-refractivity contribution < 1.29 is 28.3 Å². The number of hydrogen-bond donors (Lipinski definition) is 1. The van der Waals surface area contributed by atoms with Gasteiger partial charge in [0, 0.05) is 5.56 Å². The van der Waals surface area contributed by atoms with E-state index in [4.69, 9.17) is 9.15 Å². The maximum Gasteiger partial charge on any atom is 0.373 e. The lowest BCUT2D eigenvalue weighted by Gasteiger charge is -2.09. The molecule has 2 aromatic carbocycles. The summed E-state index contributed by atoms with van der Waals surface area (Å²) in [6.07, 6.45) is 1.54. The summed E-state index contributed by atoms with van der Waals surface area (Å²) in [5, 5.41) is 11.8. The van der Waals surface area contributed by atoms with E-state index in [0.29, 0.717) is 16.9 Å². The molecule has 3 amide bonds. The average molecular weight is 457 g/mol. The van der Waals surface area contributed by atoms with E-state index in [0.717, 1.165) is 10.5 Å². The minimum Gasteiger partial charge on any atom is -0.489 e. The van der Waals surface area contributed by atoms with E-state index < -0.39 is 17.9 Å². The Balaban J connectivity index is 1.45. The number of nitrogens with one attached hydrogen (secondary N) is 1. The van der Waals surface area contributed by atoms with E-state index in [-0.39, 0.29) is 30.4 Å². The Morgan fingerprint density at radius 3 is 2.76 bits per heavy atom. The zero-order chi connectivity index (χ0) is 24.1. The second kappa shape index (κ2) is 9.75. The summed E-state index contributed by atoms with van der Waals surface area (Å²) < 4.78 is 15.7. The number of carbonyl (C=O) groups excluding carboxylic acids is 3. The highest BCUT2D eigenvalue weighted by Crippen LogP contribution is 2.21. The topological polar surface area (TPSA) is 122 Å². The third-order valence-corrected chi connectivity index (χ3v) is 5.03. The molecule has 0 spiro atoms. The van der Waals surface area contributed by atoms with Gasteiger partial charge >= 0.3 is 12.0 Å². The van der Waals surface area contributed by atoms with Crippen LogP contribution in [0, 0.1) is 11.3 Å². The first kappa shape index (κ1) is 22.4. The Bertz CT molecular complexity index is 1330. The van der Waals surface area contributed by atoms with Crippen molar-refractivity contribution >= 4 is 24.0 Å². The molecule has 0 atom stereocenters. The van der Waals surface area contributed by atoms with Crippen LogP contribution in [0.4, 0.5) is 4.79 Å². The molecule has 1 saturated heterocycles. The summed E-state index contributed by atoms with van der Waals surface area (Å²) in [5.41, 5.74) is 2.03. The van der Waals surface area contributed by atoms with Gasteiger partial charge < -0.3 is 19.2 Å². The van der Waals surface area contributed by atoms with Gasteiger partial charge in [-0.1, -0.05) is 30.3 Å². The van der Waals surface area contributed by atoms with Gasteiger partial charge in [-0.3, -0.25) is 9.69 Å². The Hall–Kier alpha value is -4.84. The van der Waals surface area contributed by atoms with Gasteiger partial charge in [-0.05, 0) is 42.0 Å². The van der Waals surface area contributed by atoms with Gasteiger partial charge in [-0.15, -0.1) is 0 Å². The number of hydrogen-bond acceptors (Lipinski definition) is 7. The first-order valence-electron chi connectivity index (χ1n) is 10.2. The van der Waals surface area contributed by atoms with E-state index in [1.54, 1.807) is 42.5 Å². The second-order valence-electron chi connectivity index (χ2n) is 7.27. The number of nitriles is 1. The van der Waals surface area contributed by atoms with Crippen LogP contribution in [0.2, 0.25) is 0 Å². The molecule has 9 heteroatoms. The van der Waals surface area contributed by atoms with E-state index >= 15 is 0 Å². The molecule has 1 fully saturated rings. The summed E-state index contributed by atoms with van der Waals surface area (Å²) in [4.78, 5) is 37.6. The van der Waals surface area contributed by atoms with E-state index in [1.165, 1.54) is 19.2 Å². The van der Waals surface area contributed by atoms with Gasteiger partial charge in [0.2, 0.25) is 5.76 Å². The van der Waals surface area contributed by atoms with Crippen molar-refractivity contribution in [1.82, 2.24) is 10.2 Å². The maximum absolute atomic E-state index is 12.8. The smallest absolute Gasteiger partial charge is 0.373 e. The number of benzene rings is 2. The van der Waals surface area contributed by atoms with Crippen LogP contribution in [0.15, 0.2) is 70.8 Å². The van der Waals surface area contributed by atoms with Gasteiger partial charge in [0.15, 0.2) is 0 Å². The highest BCUT2D eigenvalue weighted by Gasteiger charge is 2.34. The molecular weight excluding hydrogens is 438 g/mol. The van der Waals surface area contributed by atoms with Crippen molar-refractivity contribution in [2.45, 2.75) is 13.2 Å². The molecule has 34 heavy (non-hydrogen) atoms. The summed E-state index contributed by atoms with van der Waals surface area (Å²) in [6, 6.07) is 18.6. The summed E-state index contributed by atoms with van der Waals surface area (Å²) in [7, 11) is 1.23. The van der Waals surface area contributed by atoms with Gasteiger partial charge in [0.05, 0.1) is 25.3 Å². The molecule has 3 aromatic rings. The molecule has 1 aliphatic heterocycles. The monoisotopic (exact) mass is 457 g/mol. The summed E-state index contributed by atoms with van der Waals surface area (Å²) in [6.45, 7) is 0.0738. The molecule has 9 nitrogen and oxygen atoms in total. The fourth-order valence-corrected chi connectivity index (χ4v) is 3.32. The van der Waals surface area contributed by atoms with Crippen LogP contribution in [0.5, 0.6) is 5.75 Å². The van der Waals surface area contributed by atoms with Crippen molar-refractivity contribution in [1.29, 1.82) is 5.26 Å². The highest BCUT2D eigenvalue weighted by atomic mass is 16.5. The lowest BCUT2D eigenvalue weighted by molar-refractivity contribution is -0.123. The normalized spacial score (nSPS) is 14.1. The number of rotatable bonds is 7. The number of urea groups is 1. The number of carbonyl (C=O) groups is 3. The van der Waals surface area contributed by atoms with Gasteiger partial charge in [-0.2, -0.15) is 5.26 Å². The van der Waals surface area contributed by atoms with Crippen LogP contribution < -0.4 is 10.1 Å². The van der Waals surface area contributed by atoms with E-state index in [2.05, 4.69) is 16.1 Å². The van der Waals surface area contributed by atoms with Crippen molar-refractivity contribution in [3.8, 4) is 11.8 Å². The number of imide groups is 1. The van der Waals surface area contributed by atoms with Crippen molar-refractivity contribution in [2.24, 2.45) is 0 Å². The van der Waals surface area contributed by atoms with Gasteiger partial charge in [0.1, 0.15) is 23.8 Å². The van der Waals surface area contributed by atoms with E-state index in [1.807, 2.05) is 12.1 Å². The lowest BCUT2D eigenvalue weighted by Crippen LogP contribution is -2.30. The molecular formula is C25H19N3O6. The molecule has 0 saturated carbocycles. The van der Waals surface area contributed by atoms with Crippen molar-refractivity contribution in [3.05, 3.63) is 94.6 Å². The van der Waals surface area contributed by atoms with Gasteiger partial charge in [-0.25, -0.2) is 9.59 Å². The number of esters is 1. The molecule has 1 aliphatic rings. The number of methoxy groups -OCH3 is 1. The molecule has 1 N–H and O–H groups in total. The molecule has 0 unspecified atom stereocenters. The first-order chi connectivity index (χ1) is 16.5. The molecule has 0 radical (unpaired) electrons. The van der Waals surface area contributed by atoms with Crippen LogP contribution in [0.25, 0.3) is 6.08 Å². The molecule has 170 valence electrons. The first-order valence-corrected chi connectivity index (χ1v) is 10.2. The largest absolute Gasteiger partial charge is 0.489 e. The van der Waals surface area contributed by atoms with Gasteiger partial charge in [0.25, 0.3) is 5.91 Å². The Morgan fingerprint density at radius 1 is 1.15 bits per heavy atom. The Kier molecular flexibility index (Phi) is 6.41. The van der Waals surface area contributed by atoms with Crippen LogP contribution in [-0.2, 0) is 22.7 Å². The third kappa shape index (κ3) is 4.81. The fraction of sp³-hybridized carbons (Fsp3) is 0.120. The van der Waals surface area contributed by atoms with E-state index in [9.17, 15) is 19.6 Å². The standard InChI is InChI=1S/C25H19N3O6/c1-32-24(30)22-10-9-20(34-22)14-28-23(29)21(27-25(28)31)12-16-5-4-8-19(11-16)33-15-18-7-3-2-6-17(18)13-26/h2-12H,14-15H2,1H3,(H,27,31). The number of amides is 3. The van der Waals surface area contributed by atoms with Crippen molar-refractivity contribution in [2.75, 3.05) is 7.11 Å². The predicted octanol–water partition coefficient (Wildman–Crippen LogP) is 3.61. The number of nitrogens with zero attached hydrogens (tertiary/aromatic N) is 2. The molecule has 4 rings (SSSR count). The Labute approximate surface area is 194 Å². The van der Waals surface area contributed by atoms with Crippen LogP contribution in [0.3, 0.4) is 0 Å². The average Bonchev–Trinajstić information content (AvgIpc) is 3.43. The maximum atomic E-state index is 12.8. The zero-order valence-electron chi connectivity index (χ0n) is 18.1. The lowest BCUT2D eigenvalue weighted by atomic mass is 10.1. The SMILES string of the molecule is COC(=O)c1ccc(CN2C(=O)NC(=Cc3cccc(OCc4ccccc4C#N)c3)C2=O)o1. The number of furan rings is 1. The molecule has 0 aliphatic carbocycles. The highest BCUT2D eigenvalue weighted by molar-refractivity contribution is 6.13. The minimum absolute atomic E-state index is 0.0190. The van der Waals surface area contributed by atoms with Crippen LogP contribution in [0.1, 0.15) is 33.0 Å². The predicted molar refractivity (Wildman–Crippen MR) is 119 cm³/mol. The van der Waals surface area contributed by atoms with Crippen LogP contribution in [-0.4, -0.2) is 29.9 Å². The molecule has 0 bridgehead atoms. The second-order valence-corrected chi connectivity index (χ2v) is 7.27. The zero-order valence-corrected chi connectivity index (χ0v) is 18.1. The molecule has 2 heterocycles. The van der Waals surface area contributed by atoms with Crippen molar-refractivity contribution in [3.63, 3.8) is 0 Å². The summed E-state index contributed by atoms with van der Waals surface area (Å²) in [5.74, 6) is -0.396.